The highest BCUT2D eigenvalue weighted by Crippen LogP contribution is 2.27. The van der Waals surface area contributed by atoms with Crippen molar-refractivity contribution in [1.29, 1.82) is 0 Å². The molecule has 18 heavy (non-hydrogen) atoms. The number of aromatic amines is 1. The van der Waals surface area contributed by atoms with Gasteiger partial charge in [-0.15, -0.1) is 0 Å². The van der Waals surface area contributed by atoms with Crippen molar-refractivity contribution in [3.8, 4) is 5.75 Å². The molecule has 0 unspecified atom stereocenters. The smallest absolute Gasteiger partial charge is 0.124 e. The predicted molar refractivity (Wildman–Crippen MR) is 69.7 cm³/mol. The minimum absolute atomic E-state index is 0.786. The van der Waals surface area contributed by atoms with Crippen molar-refractivity contribution in [2.75, 3.05) is 7.11 Å². The Morgan fingerprint density at radius 2 is 1.89 bits per heavy atom. The summed E-state index contributed by atoms with van der Waals surface area (Å²) in [6, 6.07) is 14.1. The van der Waals surface area contributed by atoms with E-state index in [0.29, 0.717) is 0 Å². The monoisotopic (exact) mass is 239 g/mol. The summed E-state index contributed by atoms with van der Waals surface area (Å²) in [6.45, 7) is 0. The number of ether oxygens (including phenoxy) is 1. The fraction of sp³-hybridized carbons (Fsp3) is 0.143. The van der Waals surface area contributed by atoms with E-state index >= 15 is 0 Å². The van der Waals surface area contributed by atoms with Crippen LogP contribution in [0.1, 0.15) is 11.1 Å². The molecule has 0 atom stereocenters. The first-order chi connectivity index (χ1) is 8.88. The maximum absolute atomic E-state index is 5.41. The fourth-order valence-corrected chi connectivity index (χ4v) is 2.11. The summed E-state index contributed by atoms with van der Waals surface area (Å²) in [7, 11) is 1.68. The standard InChI is InChI=1S/C14H13N3O/c1-18-13-8-7-12-14(16-17-15-12)11(13)9-10-5-3-2-4-6-10/h2-8H,9H2,1H3,(H,15,16,17). The minimum atomic E-state index is 0.786. The van der Waals surface area contributed by atoms with Crippen LogP contribution < -0.4 is 4.74 Å². The van der Waals surface area contributed by atoms with Crippen LogP contribution in [0.4, 0.5) is 0 Å². The van der Waals surface area contributed by atoms with E-state index in [4.69, 9.17) is 4.74 Å². The highest BCUT2D eigenvalue weighted by Gasteiger charge is 2.11. The molecule has 0 aliphatic carbocycles. The molecule has 1 heterocycles. The number of rotatable bonds is 3. The van der Waals surface area contributed by atoms with Crippen molar-refractivity contribution in [2.24, 2.45) is 0 Å². The number of hydrogen-bond acceptors (Lipinski definition) is 3. The third-order valence-corrected chi connectivity index (χ3v) is 2.99. The number of methoxy groups -OCH3 is 1. The van der Waals surface area contributed by atoms with E-state index in [2.05, 4.69) is 27.5 Å². The number of fused-ring (bicyclic) bond motifs is 1. The fourth-order valence-electron chi connectivity index (χ4n) is 2.11. The van der Waals surface area contributed by atoms with E-state index in [1.807, 2.05) is 30.3 Å². The molecule has 0 saturated carbocycles. The Hall–Kier alpha value is -2.36. The molecule has 1 N–H and O–H groups in total. The summed E-state index contributed by atoms with van der Waals surface area (Å²) < 4.78 is 5.41. The average molecular weight is 239 g/mol. The van der Waals surface area contributed by atoms with Gasteiger partial charge >= 0.3 is 0 Å². The van der Waals surface area contributed by atoms with Crippen LogP contribution in [0.25, 0.3) is 11.0 Å². The molecular weight excluding hydrogens is 226 g/mol. The maximum atomic E-state index is 5.41. The van der Waals surface area contributed by atoms with E-state index in [1.54, 1.807) is 7.11 Å². The van der Waals surface area contributed by atoms with Crippen LogP contribution in [-0.4, -0.2) is 22.5 Å². The molecule has 0 radical (unpaired) electrons. The lowest BCUT2D eigenvalue weighted by Crippen LogP contribution is -1.95. The van der Waals surface area contributed by atoms with Gasteiger partial charge < -0.3 is 4.74 Å². The summed E-state index contributed by atoms with van der Waals surface area (Å²) in [4.78, 5) is 0. The van der Waals surface area contributed by atoms with E-state index in [9.17, 15) is 0 Å². The van der Waals surface area contributed by atoms with Gasteiger partial charge in [0.15, 0.2) is 0 Å². The maximum Gasteiger partial charge on any atom is 0.124 e. The number of nitrogens with one attached hydrogen (secondary N) is 1. The number of benzene rings is 2. The summed E-state index contributed by atoms with van der Waals surface area (Å²) in [6.07, 6.45) is 0.786. The second-order valence-corrected chi connectivity index (χ2v) is 4.10. The third-order valence-electron chi connectivity index (χ3n) is 2.99. The Morgan fingerprint density at radius 3 is 2.67 bits per heavy atom. The average Bonchev–Trinajstić information content (AvgIpc) is 2.89. The minimum Gasteiger partial charge on any atom is -0.496 e. The Morgan fingerprint density at radius 1 is 1.06 bits per heavy atom. The lowest BCUT2D eigenvalue weighted by Gasteiger charge is -2.08. The topological polar surface area (TPSA) is 50.8 Å². The highest BCUT2D eigenvalue weighted by atomic mass is 16.5. The molecule has 3 rings (SSSR count). The second kappa shape index (κ2) is 4.49. The Bertz CT molecular complexity index is 661. The molecule has 4 heteroatoms. The van der Waals surface area contributed by atoms with Gasteiger partial charge in [-0.25, -0.2) is 0 Å². The molecule has 0 amide bonds. The van der Waals surface area contributed by atoms with Crippen molar-refractivity contribution in [1.82, 2.24) is 15.4 Å². The van der Waals surface area contributed by atoms with Gasteiger partial charge in [0.05, 0.1) is 7.11 Å². The first-order valence-corrected chi connectivity index (χ1v) is 5.79. The largest absolute Gasteiger partial charge is 0.496 e. The molecule has 0 aliphatic rings. The molecular formula is C14H13N3O. The van der Waals surface area contributed by atoms with E-state index in [1.165, 1.54) is 5.56 Å². The van der Waals surface area contributed by atoms with E-state index in [0.717, 1.165) is 28.8 Å². The molecule has 0 spiro atoms. The van der Waals surface area contributed by atoms with Crippen LogP contribution in [0.15, 0.2) is 42.5 Å². The van der Waals surface area contributed by atoms with E-state index in [-0.39, 0.29) is 0 Å². The van der Waals surface area contributed by atoms with Gasteiger partial charge in [0.2, 0.25) is 0 Å². The van der Waals surface area contributed by atoms with E-state index < -0.39 is 0 Å². The first kappa shape index (κ1) is 10.8. The number of hydrogen-bond donors (Lipinski definition) is 1. The predicted octanol–water partition coefficient (Wildman–Crippen LogP) is 2.56. The first-order valence-electron chi connectivity index (χ1n) is 5.79. The number of H-pyrrole nitrogens is 1. The van der Waals surface area contributed by atoms with Crippen molar-refractivity contribution < 1.29 is 4.74 Å². The zero-order valence-electron chi connectivity index (χ0n) is 10.1. The number of nitrogens with zero attached hydrogens (tertiary/aromatic N) is 2. The van der Waals surface area contributed by atoms with Crippen molar-refractivity contribution in [3.63, 3.8) is 0 Å². The van der Waals surface area contributed by atoms with Gasteiger partial charge in [-0.1, -0.05) is 30.3 Å². The Labute approximate surface area is 105 Å². The van der Waals surface area contributed by atoms with Gasteiger partial charge in [0.25, 0.3) is 0 Å². The van der Waals surface area contributed by atoms with Crippen LogP contribution in [0.3, 0.4) is 0 Å². The third kappa shape index (κ3) is 1.82. The lowest BCUT2D eigenvalue weighted by molar-refractivity contribution is 0.411. The molecule has 0 saturated heterocycles. The van der Waals surface area contributed by atoms with Crippen LogP contribution in [0.5, 0.6) is 5.75 Å². The highest BCUT2D eigenvalue weighted by molar-refractivity contribution is 5.80. The normalized spacial score (nSPS) is 10.7. The molecule has 3 aromatic rings. The summed E-state index contributed by atoms with van der Waals surface area (Å²) in [5.41, 5.74) is 4.03. The molecule has 0 fully saturated rings. The molecule has 90 valence electrons. The Balaban J connectivity index is 2.11. The molecule has 2 aromatic carbocycles. The van der Waals surface area contributed by atoms with Gasteiger partial charge in [0.1, 0.15) is 16.8 Å². The molecule has 4 nitrogen and oxygen atoms in total. The van der Waals surface area contributed by atoms with Crippen molar-refractivity contribution in [2.45, 2.75) is 6.42 Å². The summed E-state index contributed by atoms with van der Waals surface area (Å²) in [5.74, 6) is 0.847. The van der Waals surface area contributed by atoms with Crippen LogP contribution in [-0.2, 0) is 6.42 Å². The quantitative estimate of drug-likeness (QED) is 0.764. The zero-order valence-corrected chi connectivity index (χ0v) is 10.1. The summed E-state index contributed by atoms with van der Waals surface area (Å²) >= 11 is 0. The molecule has 1 aromatic heterocycles. The van der Waals surface area contributed by atoms with Crippen LogP contribution in [0, 0.1) is 0 Å². The second-order valence-electron chi connectivity index (χ2n) is 4.10. The van der Waals surface area contributed by atoms with Gasteiger partial charge in [-0.05, 0) is 17.7 Å². The molecule has 0 bridgehead atoms. The Kier molecular flexibility index (Phi) is 2.68. The lowest BCUT2D eigenvalue weighted by atomic mass is 10.0. The van der Waals surface area contributed by atoms with Crippen molar-refractivity contribution >= 4 is 11.0 Å². The van der Waals surface area contributed by atoms with Gasteiger partial charge in [0, 0.05) is 12.0 Å². The van der Waals surface area contributed by atoms with Crippen LogP contribution in [0.2, 0.25) is 0 Å². The summed E-state index contributed by atoms with van der Waals surface area (Å²) in [5, 5.41) is 11.0. The zero-order chi connectivity index (χ0) is 12.4. The number of aromatic nitrogens is 3. The van der Waals surface area contributed by atoms with Crippen molar-refractivity contribution in [3.05, 3.63) is 53.6 Å². The molecule has 0 aliphatic heterocycles. The van der Waals surface area contributed by atoms with Gasteiger partial charge in [-0.3, -0.25) is 0 Å². The SMILES string of the molecule is COc1ccc2n[nH]nc2c1Cc1ccccc1. The van der Waals surface area contributed by atoms with Crippen LogP contribution >= 0.6 is 0 Å². The van der Waals surface area contributed by atoms with Gasteiger partial charge in [-0.2, -0.15) is 15.4 Å².